The summed E-state index contributed by atoms with van der Waals surface area (Å²) in [6.07, 6.45) is 7.65. The molecule has 0 spiro atoms. The lowest BCUT2D eigenvalue weighted by Gasteiger charge is -2.33. The summed E-state index contributed by atoms with van der Waals surface area (Å²) in [4.78, 5) is 11.9. The first-order valence-electron chi connectivity index (χ1n) is 9.04. The number of rotatable bonds is 8. The van der Waals surface area contributed by atoms with Gasteiger partial charge in [0.25, 0.3) is 0 Å². The third-order valence-corrected chi connectivity index (χ3v) is 4.97. The first-order chi connectivity index (χ1) is 10.8. The van der Waals surface area contributed by atoms with E-state index in [1.54, 1.807) is 0 Å². The van der Waals surface area contributed by atoms with Crippen LogP contribution in [0.4, 0.5) is 4.79 Å². The molecule has 1 aliphatic heterocycles. The Morgan fingerprint density at radius 1 is 1.30 bits per heavy atom. The van der Waals surface area contributed by atoms with Crippen LogP contribution >= 0.6 is 0 Å². The van der Waals surface area contributed by atoms with Crippen molar-refractivity contribution in [3.05, 3.63) is 0 Å². The molecule has 0 aromatic carbocycles. The molecule has 0 bridgehead atoms. The third kappa shape index (κ3) is 5.96. The Morgan fingerprint density at radius 2 is 2.04 bits per heavy atom. The van der Waals surface area contributed by atoms with Gasteiger partial charge < -0.3 is 19.9 Å². The molecule has 1 aliphatic carbocycles. The number of aliphatic hydroxyl groups excluding tert-OH is 1. The summed E-state index contributed by atoms with van der Waals surface area (Å²) in [5.41, 5.74) is -0.694. The van der Waals surface area contributed by atoms with E-state index in [-0.39, 0.29) is 12.0 Å². The van der Waals surface area contributed by atoms with Gasteiger partial charge in [0.2, 0.25) is 0 Å². The number of ether oxygens (including phenoxy) is 2. The second-order valence-corrected chi connectivity index (χ2v) is 8.18. The van der Waals surface area contributed by atoms with Crippen molar-refractivity contribution in [2.24, 2.45) is 11.3 Å². The number of hydrogen-bond acceptors (Lipinski definition) is 4. The van der Waals surface area contributed by atoms with Crippen LogP contribution in [0.2, 0.25) is 0 Å². The van der Waals surface area contributed by atoms with E-state index in [0.717, 1.165) is 45.1 Å². The highest BCUT2D eigenvalue weighted by atomic mass is 16.6. The minimum atomic E-state index is -0.495. The number of carbonyl (C=O) groups is 1. The van der Waals surface area contributed by atoms with Crippen LogP contribution in [0, 0.1) is 11.3 Å². The number of hydrogen-bond donors (Lipinski definition) is 2. The largest absolute Gasteiger partial charge is 0.444 e. The Balaban J connectivity index is 1.81. The predicted octanol–water partition coefficient (Wildman–Crippen LogP) is 3.25. The van der Waals surface area contributed by atoms with Gasteiger partial charge in [-0.2, -0.15) is 0 Å². The summed E-state index contributed by atoms with van der Waals surface area (Å²) in [7, 11) is 0. The van der Waals surface area contributed by atoms with E-state index in [1.165, 1.54) is 6.42 Å². The summed E-state index contributed by atoms with van der Waals surface area (Å²) in [5.74, 6) is 0.520. The van der Waals surface area contributed by atoms with Crippen molar-refractivity contribution in [3.63, 3.8) is 0 Å². The van der Waals surface area contributed by atoms with Gasteiger partial charge in [0.15, 0.2) is 0 Å². The summed E-state index contributed by atoms with van der Waals surface area (Å²) >= 11 is 0. The molecule has 2 fully saturated rings. The Hall–Kier alpha value is -0.810. The third-order valence-electron chi connectivity index (χ3n) is 4.97. The zero-order valence-corrected chi connectivity index (χ0v) is 14.9. The average molecular weight is 327 g/mol. The fraction of sp³-hybridized carbons (Fsp3) is 0.944. The molecule has 0 aromatic heterocycles. The lowest BCUT2D eigenvalue weighted by atomic mass is 9.78. The summed E-state index contributed by atoms with van der Waals surface area (Å²) < 4.78 is 11.0. The van der Waals surface area contributed by atoms with E-state index in [4.69, 9.17) is 9.47 Å². The van der Waals surface area contributed by atoms with Crippen molar-refractivity contribution in [2.45, 2.75) is 77.4 Å². The van der Waals surface area contributed by atoms with Gasteiger partial charge in [-0.05, 0) is 65.2 Å². The molecule has 2 atom stereocenters. The number of aliphatic hydroxyl groups is 1. The molecule has 2 unspecified atom stereocenters. The van der Waals surface area contributed by atoms with Crippen molar-refractivity contribution in [3.8, 4) is 0 Å². The van der Waals surface area contributed by atoms with Crippen LogP contribution in [-0.2, 0) is 9.47 Å². The highest BCUT2D eigenvalue weighted by Gasteiger charge is 2.44. The van der Waals surface area contributed by atoms with Crippen LogP contribution < -0.4 is 5.32 Å². The van der Waals surface area contributed by atoms with Crippen LogP contribution in [0.1, 0.15) is 65.7 Å². The minimum absolute atomic E-state index is 0.124. The van der Waals surface area contributed by atoms with E-state index >= 15 is 0 Å². The van der Waals surface area contributed by atoms with E-state index in [1.807, 2.05) is 20.8 Å². The maximum Gasteiger partial charge on any atom is 0.407 e. The molecule has 2 rings (SSSR count). The fourth-order valence-electron chi connectivity index (χ4n) is 3.51. The Bertz CT molecular complexity index is 383. The van der Waals surface area contributed by atoms with Crippen molar-refractivity contribution in [1.82, 2.24) is 5.32 Å². The molecule has 1 heterocycles. The van der Waals surface area contributed by atoms with Gasteiger partial charge in [0, 0.05) is 18.6 Å². The predicted molar refractivity (Wildman–Crippen MR) is 89.3 cm³/mol. The smallest absolute Gasteiger partial charge is 0.407 e. The Morgan fingerprint density at radius 3 is 2.57 bits per heavy atom. The molecule has 5 heteroatoms. The van der Waals surface area contributed by atoms with E-state index in [0.29, 0.717) is 18.6 Å². The quantitative estimate of drug-likeness (QED) is 0.718. The molecule has 5 nitrogen and oxygen atoms in total. The van der Waals surface area contributed by atoms with E-state index in [2.05, 4.69) is 5.32 Å². The second kappa shape index (κ2) is 7.84. The standard InChI is InChI=1S/C18H33NO4/c1-17(2,3)23-16(21)19-12-18(13-20,14-8-9-14)10-4-6-15-7-5-11-22-15/h14-15,20H,4-13H2,1-3H3,(H,19,21). The van der Waals surface area contributed by atoms with Gasteiger partial charge in [-0.3, -0.25) is 0 Å². The minimum Gasteiger partial charge on any atom is -0.444 e. The Kier molecular flexibility index (Phi) is 6.32. The van der Waals surface area contributed by atoms with Crippen LogP contribution in [0.25, 0.3) is 0 Å². The van der Waals surface area contributed by atoms with Crippen LogP contribution in [0.5, 0.6) is 0 Å². The van der Waals surface area contributed by atoms with Crippen molar-refractivity contribution < 1.29 is 19.4 Å². The van der Waals surface area contributed by atoms with E-state index in [9.17, 15) is 9.90 Å². The SMILES string of the molecule is CC(C)(C)OC(=O)NCC(CO)(CCCC1CCCO1)C1CC1. The maximum absolute atomic E-state index is 11.9. The first-order valence-corrected chi connectivity index (χ1v) is 9.04. The maximum atomic E-state index is 11.9. The lowest BCUT2D eigenvalue weighted by Crippen LogP contribution is -2.43. The molecule has 23 heavy (non-hydrogen) atoms. The summed E-state index contributed by atoms with van der Waals surface area (Å²) in [6, 6.07) is 0. The van der Waals surface area contributed by atoms with Gasteiger partial charge in [-0.15, -0.1) is 0 Å². The van der Waals surface area contributed by atoms with Crippen LogP contribution in [0.15, 0.2) is 0 Å². The summed E-state index contributed by atoms with van der Waals surface area (Å²) in [5, 5.41) is 12.9. The van der Waals surface area contributed by atoms with Gasteiger partial charge in [-0.1, -0.05) is 6.42 Å². The van der Waals surface area contributed by atoms with Crippen molar-refractivity contribution in [1.29, 1.82) is 0 Å². The lowest BCUT2D eigenvalue weighted by molar-refractivity contribution is 0.0402. The number of carbonyl (C=O) groups excluding carboxylic acids is 1. The molecule has 1 amide bonds. The molecule has 0 radical (unpaired) electrons. The molecule has 134 valence electrons. The fourth-order valence-corrected chi connectivity index (χ4v) is 3.51. The highest BCUT2D eigenvalue weighted by molar-refractivity contribution is 5.67. The van der Waals surface area contributed by atoms with Crippen LogP contribution in [0.3, 0.4) is 0 Å². The van der Waals surface area contributed by atoms with Crippen molar-refractivity contribution in [2.75, 3.05) is 19.8 Å². The topological polar surface area (TPSA) is 67.8 Å². The van der Waals surface area contributed by atoms with Gasteiger partial charge in [0.05, 0.1) is 12.7 Å². The number of alkyl carbamates (subject to hydrolysis) is 1. The monoisotopic (exact) mass is 327 g/mol. The molecule has 2 aliphatic rings. The van der Waals surface area contributed by atoms with Gasteiger partial charge >= 0.3 is 6.09 Å². The normalized spacial score (nSPS) is 24.3. The zero-order valence-electron chi connectivity index (χ0n) is 14.9. The molecule has 1 saturated heterocycles. The summed E-state index contributed by atoms with van der Waals surface area (Å²) in [6.45, 7) is 7.07. The number of amides is 1. The first kappa shape index (κ1) is 18.5. The van der Waals surface area contributed by atoms with Crippen molar-refractivity contribution >= 4 is 6.09 Å². The van der Waals surface area contributed by atoms with E-state index < -0.39 is 11.7 Å². The molecule has 1 saturated carbocycles. The highest BCUT2D eigenvalue weighted by Crippen LogP contribution is 2.48. The molecular weight excluding hydrogens is 294 g/mol. The zero-order chi connectivity index (χ0) is 16.9. The van der Waals surface area contributed by atoms with Gasteiger partial charge in [0.1, 0.15) is 5.60 Å². The molecule has 0 aromatic rings. The average Bonchev–Trinajstić information content (AvgIpc) is 3.19. The molecule has 2 N–H and O–H groups in total. The van der Waals surface area contributed by atoms with Gasteiger partial charge in [-0.25, -0.2) is 4.79 Å². The Labute approximate surface area is 140 Å². The molecular formula is C18H33NO4. The van der Waals surface area contributed by atoms with Crippen LogP contribution in [-0.4, -0.2) is 42.7 Å². The second-order valence-electron chi connectivity index (χ2n) is 8.18. The number of nitrogens with one attached hydrogen (secondary N) is 1.